The monoisotopic (exact) mass is 412 g/mol. The molecule has 29 heavy (non-hydrogen) atoms. The van der Waals surface area contributed by atoms with Gasteiger partial charge in [-0.3, -0.25) is 4.79 Å². The van der Waals surface area contributed by atoms with E-state index in [9.17, 15) is 4.79 Å². The Hall–Kier alpha value is -3.13. The molecule has 3 aromatic rings. The molecule has 3 rings (SSSR count). The average Bonchev–Trinajstić information content (AvgIpc) is 3.14. The second-order valence-corrected chi connectivity index (χ2v) is 7.38. The topological polar surface area (TPSA) is 84.8 Å². The summed E-state index contributed by atoms with van der Waals surface area (Å²) < 4.78 is 12.1. The molecule has 1 aromatic heterocycles. The zero-order chi connectivity index (χ0) is 20.6. The highest BCUT2D eigenvalue weighted by Crippen LogP contribution is 2.28. The minimum absolute atomic E-state index is 0.253. The molecule has 0 spiro atoms. The molecule has 0 aliphatic heterocycles. The van der Waals surface area contributed by atoms with Gasteiger partial charge >= 0.3 is 0 Å². The first-order valence-corrected chi connectivity index (χ1v) is 10.2. The zero-order valence-electron chi connectivity index (χ0n) is 16.6. The molecule has 0 saturated carbocycles. The van der Waals surface area contributed by atoms with Crippen LogP contribution in [0.3, 0.4) is 0 Å². The van der Waals surface area contributed by atoms with Gasteiger partial charge < -0.3 is 14.8 Å². The van der Waals surface area contributed by atoms with E-state index in [2.05, 4.69) is 20.8 Å². The van der Waals surface area contributed by atoms with E-state index in [1.54, 1.807) is 20.2 Å². The van der Waals surface area contributed by atoms with Crippen LogP contribution in [0, 0.1) is 0 Å². The summed E-state index contributed by atoms with van der Waals surface area (Å²) >= 11 is 1.51. The summed E-state index contributed by atoms with van der Waals surface area (Å²) in [5.41, 5.74) is 4.25. The highest BCUT2D eigenvalue weighted by Gasteiger charge is 2.14. The highest BCUT2D eigenvalue weighted by molar-refractivity contribution is 7.22. The Morgan fingerprint density at radius 3 is 2.86 bits per heavy atom. The van der Waals surface area contributed by atoms with Gasteiger partial charge in [-0.2, -0.15) is 5.10 Å². The fourth-order valence-electron chi connectivity index (χ4n) is 2.55. The maximum atomic E-state index is 12.3. The molecule has 1 atom stereocenters. The molecular weight excluding hydrogens is 388 g/mol. The fourth-order valence-corrected chi connectivity index (χ4v) is 3.50. The van der Waals surface area contributed by atoms with Gasteiger partial charge in [0.1, 0.15) is 6.04 Å². The number of carbonyl (C=O) groups excluding carboxylic acids is 1. The van der Waals surface area contributed by atoms with Crippen LogP contribution < -0.4 is 20.2 Å². The normalized spacial score (nSPS) is 12.1. The molecule has 0 bridgehead atoms. The third-order valence-corrected chi connectivity index (χ3v) is 5.03. The molecule has 8 heteroatoms. The zero-order valence-corrected chi connectivity index (χ0v) is 17.5. The summed E-state index contributed by atoms with van der Waals surface area (Å²) in [6.07, 6.45) is 2.47. The van der Waals surface area contributed by atoms with Crippen LogP contribution in [0.2, 0.25) is 0 Å². The number of anilines is 1. The molecule has 0 saturated heterocycles. The second kappa shape index (κ2) is 9.88. The summed E-state index contributed by atoms with van der Waals surface area (Å²) in [6, 6.07) is 12.8. The number of rotatable bonds is 9. The number of thiazole rings is 1. The lowest BCUT2D eigenvalue weighted by Gasteiger charge is -2.11. The van der Waals surface area contributed by atoms with Crippen molar-refractivity contribution in [1.82, 2.24) is 10.4 Å². The largest absolute Gasteiger partial charge is 0.493 e. The third-order valence-electron chi connectivity index (χ3n) is 4.06. The second-order valence-electron chi connectivity index (χ2n) is 6.35. The van der Waals surface area contributed by atoms with Crippen LogP contribution in [0.25, 0.3) is 10.2 Å². The number of nitrogens with one attached hydrogen (secondary N) is 2. The average molecular weight is 413 g/mol. The van der Waals surface area contributed by atoms with E-state index in [1.165, 1.54) is 11.3 Å². The number of fused-ring (bicyclic) bond motifs is 1. The number of carbonyl (C=O) groups is 1. The van der Waals surface area contributed by atoms with Crippen molar-refractivity contribution in [3.05, 3.63) is 48.0 Å². The molecule has 0 fully saturated rings. The maximum Gasteiger partial charge on any atom is 0.262 e. The van der Waals surface area contributed by atoms with E-state index in [1.807, 2.05) is 49.4 Å². The number of hydrogen-bond acceptors (Lipinski definition) is 7. The summed E-state index contributed by atoms with van der Waals surface area (Å²) in [4.78, 5) is 16.8. The van der Waals surface area contributed by atoms with E-state index < -0.39 is 6.04 Å². The Labute approximate surface area is 173 Å². The van der Waals surface area contributed by atoms with Gasteiger partial charge in [0.2, 0.25) is 0 Å². The summed E-state index contributed by atoms with van der Waals surface area (Å²) in [6.45, 7) is 4.40. The van der Waals surface area contributed by atoms with Gasteiger partial charge in [-0.05, 0) is 49.2 Å². The van der Waals surface area contributed by atoms with Gasteiger partial charge in [0.15, 0.2) is 16.6 Å². The molecule has 0 unspecified atom stereocenters. The van der Waals surface area contributed by atoms with Crippen molar-refractivity contribution in [2.24, 2.45) is 5.10 Å². The van der Waals surface area contributed by atoms with Gasteiger partial charge in [-0.25, -0.2) is 10.4 Å². The molecular formula is C21H24N4O3S. The number of aromatic nitrogens is 1. The molecule has 0 radical (unpaired) electrons. The fraction of sp³-hybridized carbons (Fsp3) is 0.286. The lowest BCUT2D eigenvalue weighted by Crippen LogP contribution is -2.34. The molecule has 7 nitrogen and oxygen atoms in total. The summed E-state index contributed by atoms with van der Waals surface area (Å²) in [7, 11) is 1.60. The molecule has 0 aliphatic carbocycles. The number of para-hydroxylation sites is 1. The van der Waals surface area contributed by atoms with Crippen LogP contribution in [0.1, 0.15) is 25.8 Å². The molecule has 0 aliphatic rings. The van der Waals surface area contributed by atoms with Crippen LogP contribution in [0.5, 0.6) is 11.5 Å². The van der Waals surface area contributed by atoms with Gasteiger partial charge in [0.05, 0.1) is 30.1 Å². The van der Waals surface area contributed by atoms with E-state index in [0.29, 0.717) is 23.2 Å². The van der Waals surface area contributed by atoms with Gasteiger partial charge in [-0.15, -0.1) is 0 Å². The standard InChI is InChI=1S/C21H24N4O3S/c1-4-11-28-18-12-15(9-10-17(18)27-3)13-22-25-20(26)14(2)23-21-24-16-7-5-6-8-19(16)29-21/h5-10,12-14H,4,11H2,1-3H3,(H,23,24)(H,25,26)/b22-13-/t14-/m1/s1. The van der Waals surface area contributed by atoms with Crippen molar-refractivity contribution >= 4 is 38.8 Å². The van der Waals surface area contributed by atoms with E-state index in [0.717, 1.165) is 22.2 Å². The van der Waals surface area contributed by atoms with Crippen molar-refractivity contribution in [2.45, 2.75) is 26.3 Å². The van der Waals surface area contributed by atoms with Gasteiger partial charge in [0, 0.05) is 0 Å². The summed E-state index contributed by atoms with van der Waals surface area (Å²) in [5.74, 6) is 1.06. The molecule has 152 valence electrons. The van der Waals surface area contributed by atoms with Crippen molar-refractivity contribution in [3.63, 3.8) is 0 Å². The first-order chi connectivity index (χ1) is 14.1. The number of ether oxygens (including phenoxy) is 2. The SMILES string of the molecule is CCCOc1cc(/C=N\NC(=O)[C@@H](C)Nc2nc3ccccc3s2)ccc1OC. The van der Waals surface area contributed by atoms with E-state index in [4.69, 9.17) is 9.47 Å². The van der Waals surface area contributed by atoms with Crippen molar-refractivity contribution < 1.29 is 14.3 Å². The van der Waals surface area contributed by atoms with Gasteiger partial charge in [0.25, 0.3) is 5.91 Å². The Kier molecular flexibility index (Phi) is 7.02. The van der Waals surface area contributed by atoms with Gasteiger partial charge in [-0.1, -0.05) is 30.4 Å². The Balaban J connectivity index is 1.58. The minimum atomic E-state index is -0.480. The Morgan fingerprint density at radius 2 is 2.10 bits per heavy atom. The number of amides is 1. The predicted octanol–water partition coefficient (Wildman–Crippen LogP) is 4.04. The molecule has 2 aromatic carbocycles. The summed E-state index contributed by atoms with van der Waals surface area (Å²) in [5, 5.41) is 7.86. The highest BCUT2D eigenvalue weighted by atomic mass is 32.1. The van der Waals surface area contributed by atoms with Crippen molar-refractivity contribution in [3.8, 4) is 11.5 Å². The first-order valence-electron chi connectivity index (χ1n) is 9.36. The Morgan fingerprint density at radius 1 is 1.28 bits per heavy atom. The third kappa shape index (κ3) is 5.45. The van der Waals surface area contributed by atoms with E-state index in [-0.39, 0.29) is 5.91 Å². The van der Waals surface area contributed by atoms with Crippen LogP contribution in [-0.4, -0.2) is 36.9 Å². The van der Waals surface area contributed by atoms with Crippen LogP contribution in [0.4, 0.5) is 5.13 Å². The number of methoxy groups -OCH3 is 1. The maximum absolute atomic E-state index is 12.3. The van der Waals surface area contributed by atoms with Crippen molar-refractivity contribution in [1.29, 1.82) is 0 Å². The number of benzene rings is 2. The van der Waals surface area contributed by atoms with Crippen LogP contribution >= 0.6 is 11.3 Å². The molecule has 1 amide bonds. The number of nitrogens with zero attached hydrogens (tertiary/aromatic N) is 2. The lowest BCUT2D eigenvalue weighted by molar-refractivity contribution is -0.121. The smallest absolute Gasteiger partial charge is 0.262 e. The van der Waals surface area contributed by atoms with Crippen LogP contribution in [-0.2, 0) is 4.79 Å². The molecule has 2 N–H and O–H groups in total. The first kappa shape index (κ1) is 20.6. The van der Waals surface area contributed by atoms with E-state index >= 15 is 0 Å². The predicted molar refractivity (Wildman–Crippen MR) is 117 cm³/mol. The Bertz CT molecular complexity index is 970. The quantitative estimate of drug-likeness (QED) is 0.409. The van der Waals surface area contributed by atoms with Crippen LogP contribution in [0.15, 0.2) is 47.6 Å². The number of hydrogen-bond donors (Lipinski definition) is 2. The van der Waals surface area contributed by atoms with Crippen molar-refractivity contribution in [2.75, 3.05) is 19.0 Å². The lowest BCUT2D eigenvalue weighted by atomic mass is 10.2. The minimum Gasteiger partial charge on any atom is -0.493 e. The molecule has 1 heterocycles. The number of hydrazone groups is 1.